The van der Waals surface area contributed by atoms with Crippen molar-refractivity contribution in [1.82, 2.24) is 10.2 Å². The number of benzene rings is 1. The Bertz CT molecular complexity index is 524. The van der Waals surface area contributed by atoms with E-state index in [4.69, 9.17) is 0 Å². The van der Waals surface area contributed by atoms with E-state index in [-0.39, 0.29) is 23.0 Å². The van der Waals surface area contributed by atoms with Crippen LogP contribution in [0.2, 0.25) is 0 Å². The van der Waals surface area contributed by atoms with Gasteiger partial charge in [-0.2, -0.15) is 0 Å². The number of hydrogen-bond acceptors (Lipinski definition) is 3. The first-order valence-corrected chi connectivity index (χ1v) is 7.44. The first-order chi connectivity index (χ1) is 9.50. The largest absolute Gasteiger partial charge is 0.336 e. The summed E-state index contributed by atoms with van der Waals surface area (Å²) in [5, 5.41) is 2.05. The predicted molar refractivity (Wildman–Crippen MR) is 77.0 cm³/mol. The molecule has 0 bridgehead atoms. The molecule has 0 spiro atoms. The van der Waals surface area contributed by atoms with E-state index in [1.165, 1.54) is 22.7 Å². The molecule has 2 atom stereocenters. The Morgan fingerprint density at radius 3 is 2.70 bits per heavy atom. The van der Waals surface area contributed by atoms with E-state index in [2.05, 4.69) is 5.32 Å². The highest BCUT2D eigenvalue weighted by molar-refractivity contribution is 8.00. The Morgan fingerprint density at radius 1 is 1.40 bits per heavy atom. The minimum Gasteiger partial charge on any atom is -0.336 e. The molecule has 1 heterocycles. The Morgan fingerprint density at radius 2 is 2.10 bits per heavy atom. The fourth-order valence-electron chi connectivity index (χ4n) is 2.14. The molecule has 0 radical (unpaired) electrons. The summed E-state index contributed by atoms with van der Waals surface area (Å²) in [6, 6.07) is 6.19. The molecule has 0 unspecified atom stereocenters. The van der Waals surface area contributed by atoms with Gasteiger partial charge in [-0.1, -0.05) is 18.2 Å². The van der Waals surface area contributed by atoms with Crippen molar-refractivity contribution in [2.24, 2.45) is 0 Å². The van der Waals surface area contributed by atoms with E-state index in [1.807, 2.05) is 6.92 Å². The molecule has 2 rings (SSSR count). The SMILES string of the molecule is C[C@H](S[C@@H](C)c1ccccc1F)C(=O)N1CCNC1=O. The van der Waals surface area contributed by atoms with Crippen molar-refractivity contribution in [2.45, 2.75) is 24.3 Å². The summed E-state index contributed by atoms with van der Waals surface area (Å²) in [6.45, 7) is 4.49. The zero-order chi connectivity index (χ0) is 14.7. The summed E-state index contributed by atoms with van der Waals surface area (Å²) in [4.78, 5) is 24.8. The number of amides is 3. The zero-order valence-corrected chi connectivity index (χ0v) is 12.2. The quantitative estimate of drug-likeness (QED) is 0.929. The number of thioether (sulfide) groups is 1. The molecule has 1 aliphatic rings. The number of carbonyl (C=O) groups is 2. The molecule has 1 N–H and O–H groups in total. The number of imide groups is 1. The minimum atomic E-state index is -0.395. The fraction of sp³-hybridized carbons (Fsp3) is 0.429. The van der Waals surface area contributed by atoms with Crippen LogP contribution in [0.15, 0.2) is 24.3 Å². The molecule has 4 nitrogen and oxygen atoms in total. The van der Waals surface area contributed by atoms with Crippen LogP contribution in [0, 0.1) is 5.82 Å². The fourth-order valence-corrected chi connectivity index (χ4v) is 3.34. The number of hydrogen-bond donors (Lipinski definition) is 1. The summed E-state index contributed by atoms with van der Waals surface area (Å²) < 4.78 is 13.7. The first kappa shape index (κ1) is 14.8. The lowest BCUT2D eigenvalue weighted by atomic mass is 10.1. The second-order valence-corrected chi connectivity index (χ2v) is 6.35. The Balaban J connectivity index is 2.00. The minimum absolute atomic E-state index is 0.152. The third-order valence-corrected chi connectivity index (χ3v) is 4.49. The highest BCUT2D eigenvalue weighted by Gasteiger charge is 2.31. The van der Waals surface area contributed by atoms with Gasteiger partial charge in [-0.25, -0.2) is 9.18 Å². The van der Waals surface area contributed by atoms with Gasteiger partial charge in [-0.15, -0.1) is 11.8 Å². The van der Waals surface area contributed by atoms with Crippen molar-refractivity contribution in [3.8, 4) is 0 Å². The molecule has 1 aromatic carbocycles. The molecular weight excluding hydrogens is 279 g/mol. The van der Waals surface area contributed by atoms with Crippen LogP contribution in [0.5, 0.6) is 0 Å². The Hall–Kier alpha value is -1.56. The van der Waals surface area contributed by atoms with Gasteiger partial charge in [-0.05, 0) is 19.9 Å². The summed E-state index contributed by atoms with van der Waals surface area (Å²) in [7, 11) is 0. The van der Waals surface area contributed by atoms with Crippen LogP contribution < -0.4 is 5.32 Å². The van der Waals surface area contributed by atoms with Gasteiger partial charge in [0, 0.05) is 23.9 Å². The van der Waals surface area contributed by atoms with Crippen molar-refractivity contribution in [1.29, 1.82) is 0 Å². The van der Waals surface area contributed by atoms with Gasteiger partial charge in [0.25, 0.3) is 0 Å². The Kier molecular flexibility index (Phi) is 4.65. The maximum Gasteiger partial charge on any atom is 0.324 e. The van der Waals surface area contributed by atoms with Crippen molar-refractivity contribution in [3.05, 3.63) is 35.6 Å². The summed E-state index contributed by atoms with van der Waals surface area (Å²) in [6.07, 6.45) is 0. The third kappa shape index (κ3) is 3.12. The number of rotatable bonds is 4. The van der Waals surface area contributed by atoms with Gasteiger partial charge in [0.05, 0.1) is 5.25 Å². The standard InChI is InChI=1S/C14H17FN2O2S/c1-9(11-5-3-4-6-12(11)15)20-10(2)13(18)17-8-7-16-14(17)19/h3-6,9-10H,7-8H2,1-2H3,(H,16,19)/t9-,10-/m0/s1. The molecule has 6 heteroatoms. The maximum atomic E-state index is 13.7. The molecule has 20 heavy (non-hydrogen) atoms. The van der Waals surface area contributed by atoms with E-state index < -0.39 is 5.25 Å². The lowest BCUT2D eigenvalue weighted by Crippen LogP contribution is -2.39. The van der Waals surface area contributed by atoms with Gasteiger partial charge in [0.2, 0.25) is 5.91 Å². The normalized spacial score (nSPS) is 17.8. The highest BCUT2D eigenvalue weighted by Crippen LogP contribution is 2.33. The average molecular weight is 296 g/mol. The van der Waals surface area contributed by atoms with Crippen molar-refractivity contribution < 1.29 is 14.0 Å². The van der Waals surface area contributed by atoms with Gasteiger partial charge in [0.15, 0.2) is 0 Å². The van der Waals surface area contributed by atoms with Crippen molar-refractivity contribution >= 4 is 23.7 Å². The lowest BCUT2D eigenvalue weighted by molar-refractivity contribution is -0.126. The average Bonchev–Trinajstić information content (AvgIpc) is 2.84. The van der Waals surface area contributed by atoms with Gasteiger partial charge < -0.3 is 5.32 Å². The van der Waals surface area contributed by atoms with E-state index in [1.54, 1.807) is 25.1 Å². The Labute approximate surface area is 121 Å². The molecule has 1 fully saturated rings. The molecule has 0 saturated carbocycles. The molecule has 0 aromatic heterocycles. The molecule has 1 aromatic rings. The summed E-state index contributed by atoms with van der Waals surface area (Å²) in [5.74, 6) is -0.501. The van der Waals surface area contributed by atoms with Crippen LogP contribution in [-0.4, -0.2) is 35.2 Å². The van der Waals surface area contributed by atoms with E-state index in [0.717, 1.165) is 0 Å². The van der Waals surface area contributed by atoms with Gasteiger partial charge in [0.1, 0.15) is 5.82 Å². The molecular formula is C14H17FN2O2S. The monoisotopic (exact) mass is 296 g/mol. The lowest BCUT2D eigenvalue weighted by Gasteiger charge is -2.21. The van der Waals surface area contributed by atoms with E-state index in [0.29, 0.717) is 18.7 Å². The van der Waals surface area contributed by atoms with E-state index >= 15 is 0 Å². The summed E-state index contributed by atoms with van der Waals surface area (Å²) in [5.41, 5.74) is 0.572. The number of carbonyl (C=O) groups excluding carboxylic acids is 2. The third-order valence-electron chi connectivity index (χ3n) is 3.22. The van der Waals surface area contributed by atoms with Gasteiger partial charge >= 0.3 is 6.03 Å². The smallest absolute Gasteiger partial charge is 0.324 e. The number of nitrogens with zero attached hydrogens (tertiary/aromatic N) is 1. The second-order valence-electron chi connectivity index (χ2n) is 4.66. The molecule has 3 amide bonds. The maximum absolute atomic E-state index is 13.7. The number of halogens is 1. The highest BCUT2D eigenvalue weighted by atomic mass is 32.2. The van der Waals surface area contributed by atoms with Crippen LogP contribution in [-0.2, 0) is 4.79 Å². The number of nitrogens with one attached hydrogen (secondary N) is 1. The topological polar surface area (TPSA) is 49.4 Å². The van der Waals surface area contributed by atoms with Crippen LogP contribution in [0.1, 0.15) is 24.7 Å². The van der Waals surface area contributed by atoms with Gasteiger partial charge in [-0.3, -0.25) is 9.69 Å². The van der Waals surface area contributed by atoms with Crippen LogP contribution >= 0.6 is 11.8 Å². The van der Waals surface area contributed by atoms with Crippen LogP contribution in [0.3, 0.4) is 0 Å². The van der Waals surface area contributed by atoms with Crippen LogP contribution in [0.4, 0.5) is 9.18 Å². The van der Waals surface area contributed by atoms with Crippen molar-refractivity contribution in [3.63, 3.8) is 0 Å². The molecule has 108 valence electrons. The van der Waals surface area contributed by atoms with Crippen LogP contribution in [0.25, 0.3) is 0 Å². The summed E-state index contributed by atoms with van der Waals surface area (Å²) >= 11 is 1.35. The predicted octanol–water partition coefficient (Wildman–Crippen LogP) is 2.56. The number of urea groups is 1. The molecule has 1 saturated heterocycles. The van der Waals surface area contributed by atoms with E-state index in [9.17, 15) is 14.0 Å². The first-order valence-electron chi connectivity index (χ1n) is 6.50. The van der Waals surface area contributed by atoms with Crippen molar-refractivity contribution in [2.75, 3.05) is 13.1 Å². The second kappa shape index (κ2) is 6.26. The molecule has 0 aliphatic carbocycles. The zero-order valence-electron chi connectivity index (χ0n) is 11.4. The molecule has 1 aliphatic heterocycles.